The van der Waals surface area contributed by atoms with Crippen molar-refractivity contribution >= 4 is 11.7 Å². The van der Waals surface area contributed by atoms with Crippen LogP contribution in [0.1, 0.15) is 18.4 Å². The molecule has 1 atom stereocenters. The standard InChI is InChI=1S/C18H27N3O3/c1-23-14-15-4-2-5-16(12-15)19-18(22)21-9-7-20(8-10-21)13-17-6-3-11-24-17/h2,4-5,12,17H,3,6-11,13-14H2,1H3,(H,19,22)/t17-/m0/s1. The molecule has 6 heteroatoms. The van der Waals surface area contributed by atoms with E-state index >= 15 is 0 Å². The fourth-order valence-electron chi connectivity index (χ4n) is 3.32. The van der Waals surface area contributed by atoms with Gasteiger partial charge in [-0.2, -0.15) is 0 Å². The van der Waals surface area contributed by atoms with E-state index in [0.29, 0.717) is 12.7 Å². The molecule has 2 aliphatic heterocycles. The zero-order chi connectivity index (χ0) is 16.8. The van der Waals surface area contributed by atoms with Gasteiger partial charge in [0.1, 0.15) is 0 Å². The van der Waals surface area contributed by atoms with Crippen LogP contribution in [0, 0.1) is 0 Å². The summed E-state index contributed by atoms with van der Waals surface area (Å²) in [6, 6.07) is 7.76. The first-order valence-corrected chi connectivity index (χ1v) is 8.72. The van der Waals surface area contributed by atoms with Crippen molar-refractivity contribution in [3.05, 3.63) is 29.8 Å². The second kappa shape index (κ2) is 8.46. The normalized spacial score (nSPS) is 21.9. The molecule has 0 aliphatic carbocycles. The topological polar surface area (TPSA) is 54.0 Å². The lowest BCUT2D eigenvalue weighted by molar-refractivity contribution is 0.0572. The molecule has 0 bridgehead atoms. The average Bonchev–Trinajstić information content (AvgIpc) is 3.09. The number of ether oxygens (including phenoxy) is 2. The number of rotatable bonds is 5. The van der Waals surface area contributed by atoms with Gasteiger partial charge in [-0.3, -0.25) is 4.90 Å². The molecular weight excluding hydrogens is 306 g/mol. The van der Waals surface area contributed by atoms with E-state index in [2.05, 4.69) is 10.2 Å². The van der Waals surface area contributed by atoms with Crippen LogP contribution in [0.3, 0.4) is 0 Å². The molecule has 1 aromatic rings. The first kappa shape index (κ1) is 17.2. The Balaban J connectivity index is 1.45. The lowest BCUT2D eigenvalue weighted by Crippen LogP contribution is -2.51. The molecule has 24 heavy (non-hydrogen) atoms. The summed E-state index contributed by atoms with van der Waals surface area (Å²) in [4.78, 5) is 16.7. The maximum atomic E-state index is 12.4. The third kappa shape index (κ3) is 4.69. The summed E-state index contributed by atoms with van der Waals surface area (Å²) in [5.74, 6) is 0. The summed E-state index contributed by atoms with van der Waals surface area (Å²) in [6.45, 7) is 5.79. The van der Waals surface area contributed by atoms with E-state index in [-0.39, 0.29) is 6.03 Å². The van der Waals surface area contributed by atoms with Crippen molar-refractivity contribution in [3.8, 4) is 0 Å². The molecule has 2 fully saturated rings. The molecule has 0 aromatic heterocycles. The Hall–Kier alpha value is -1.63. The van der Waals surface area contributed by atoms with Gasteiger partial charge in [0, 0.05) is 52.1 Å². The van der Waals surface area contributed by atoms with Gasteiger partial charge in [0.25, 0.3) is 0 Å². The first-order chi connectivity index (χ1) is 11.7. The number of benzene rings is 1. The fraction of sp³-hybridized carbons (Fsp3) is 0.611. The monoisotopic (exact) mass is 333 g/mol. The SMILES string of the molecule is COCc1cccc(NC(=O)N2CCN(C[C@@H]3CCCO3)CC2)c1. The van der Waals surface area contributed by atoms with E-state index < -0.39 is 0 Å². The Morgan fingerprint density at radius 2 is 2.17 bits per heavy atom. The van der Waals surface area contributed by atoms with E-state index in [1.807, 2.05) is 29.2 Å². The molecule has 0 radical (unpaired) electrons. The molecule has 0 unspecified atom stereocenters. The number of nitrogens with one attached hydrogen (secondary N) is 1. The number of anilines is 1. The second-order valence-electron chi connectivity index (χ2n) is 6.49. The number of nitrogens with zero attached hydrogens (tertiary/aromatic N) is 2. The molecule has 132 valence electrons. The van der Waals surface area contributed by atoms with Crippen LogP contribution in [0.2, 0.25) is 0 Å². The van der Waals surface area contributed by atoms with Gasteiger partial charge in [0.05, 0.1) is 12.7 Å². The predicted molar refractivity (Wildman–Crippen MR) is 93.2 cm³/mol. The average molecular weight is 333 g/mol. The van der Waals surface area contributed by atoms with Crippen LogP contribution >= 0.6 is 0 Å². The van der Waals surface area contributed by atoms with Crippen LogP contribution in [0.15, 0.2) is 24.3 Å². The Labute approximate surface area is 143 Å². The number of carbonyl (C=O) groups excluding carboxylic acids is 1. The molecule has 1 aromatic carbocycles. The molecule has 2 amide bonds. The number of hydrogen-bond donors (Lipinski definition) is 1. The molecule has 0 spiro atoms. The maximum absolute atomic E-state index is 12.4. The van der Waals surface area contributed by atoms with Crippen molar-refractivity contribution in [1.29, 1.82) is 0 Å². The van der Waals surface area contributed by atoms with E-state index in [1.165, 1.54) is 12.8 Å². The highest BCUT2D eigenvalue weighted by Crippen LogP contribution is 2.16. The van der Waals surface area contributed by atoms with Crippen LogP contribution in [-0.4, -0.2) is 68.4 Å². The summed E-state index contributed by atoms with van der Waals surface area (Å²) >= 11 is 0. The summed E-state index contributed by atoms with van der Waals surface area (Å²) in [5.41, 5.74) is 1.87. The van der Waals surface area contributed by atoms with E-state index in [1.54, 1.807) is 7.11 Å². The highest BCUT2D eigenvalue weighted by molar-refractivity contribution is 5.89. The quantitative estimate of drug-likeness (QED) is 0.897. The minimum absolute atomic E-state index is 0.0265. The van der Waals surface area contributed by atoms with Gasteiger partial charge in [-0.15, -0.1) is 0 Å². The minimum Gasteiger partial charge on any atom is -0.380 e. The predicted octanol–water partition coefficient (Wildman–Crippen LogP) is 2.16. The Morgan fingerprint density at radius 3 is 2.88 bits per heavy atom. The summed E-state index contributed by atoms with van der Waals surface area (Å²) < 4.78 is 10.8. The van der Waals surface area contributed by atoms with Gasteiger partial charge in [-0.05, 0) is 30.5 Å². The number of urea groups is 1. The van der Waals surface area contributed by atoms with Crippen molar-refractivity contribution < 1.29 is 14.3 Å². The van der Waals surface area contributed by atoms with Gasteiger partial charge in [-0.1, -0.05) is 12.1 Å². The highest BCUT2D eigenvalue weighted by Gasteiger charge is 2.24. The Morgan fingerprint density at radius 1 is 1.33 bits per heavy atom. The molecule has 2 aliphatic rings. The molecule has 3 rings (SSSR count). The van der Waals surface area contributed by atoms with Crippen molar-refractivity contribution in [2.45, 2.75) is 25.6 Å². The van der Waals surface area contributed by atoms with Gasteiger partial charge < -0.3 is 19.7 Å². The molecular formula is C18H27N3O3. The van der Waals surface area contributed by atoms with Crippen LogP contribution in [-0.2, 0) is 16.1 Å². The number of piperazine rings is 1. The fourth-order valence-corrected chi connectivity index (χ4v) is 3.32. The number of amides is 2. The van der Waals surface area contributed by atoms with E-state index in [4.69, 9.17) is 9.47 Å². The number of methoxy groups -OCH3 is 1. The molecule has 2 heterocycles. The smallest absolute Gasteiger partial charge is 0.321 e. The third-order valence-corrected chi connectivity index (χ3v) is 4.63. The van der Waals surface area contributed by atoms with Crippen molar-refractivity contribution in [2.75, 3.05) is 51.8 Å². The Kier molecular flexibility index (Phi) is 6.07. The third-order valence-electron chi connectivity index (χ3n) is 4.63. The summed E-state index contributed by atoms with van der Waals surface area (Å²) in [5, 5.41) is 2.99. The van der Waals surface area contributed by atoms with Crippen LogP contribution < -0.4 is 5.32 Å². The first-order valence-electron chi connectivity index (χ1n) is 8.72. The van der Waals surface area contributed by atoms with Crippen molar-refractivity contribution in [1.82, 2.24) is 9.80 Å². The summed E-state index contributed by atoms with van der Waals surface area (Å²) in [6.07, 6.45) is 2.72. The molecule has 1 N–H and O–H groups in total. The molecule has 0 saturated carbocycles. The lowest BCUT2D eigenvalue weighted by atomic mass is 10.2. The van der Waals surface area contributed by atoms with Crippen LogP contribution in [0.5, 0.6) is 0 Å². The van der Waals surface area contributed by atoms with E-state index in [9.17, 15) is 4.79 Å². The molecule has 6 nitrogen and oxygen atoms in total. The van der Waals surface area contributed by atoms with Gasteiger partial charge >= 0.3 is 6.03 Å². The van der Waals surface area contributed by atoms with Gasteiger partial charge in [-0.25, -0.2) is 4.79 Å². The largest absolute Gasteiger partial charge is 0.380 e. The highest BCUT2D eigenvalue weighted by atomic mass is 16.5. The number of carbonyl (C=O) groups is 1. The van der Waals surface area contributed by atoms with Crippen LogP contribution in [0.25, 0.3) is 0 Å². The summed E-state index contributed by atoms with van der Waals surface area (Å²) in [7, 11) is 1.67. The van der Waals surface area contributed by atoms with Crippen molar-refractivity contribution in [3.63, 3.8) is 0 Å². The second-order valence-corrected chi connectivity index (χ2v) is 6.49. The maximum Gasteiger partial charge on any atom is 0.321 e. The van der Waals surface area contributed by atoms with Gasteiger partial charge in [0.2, 0.25) is 0 Å². The lowest BCUT2D eigenvalue weighted by Gasteiger charge is -2.35. The Bertz CT molecular complexity index is 538. The van der Waals surface area contributed by atoms with Gasteiger partial charge in [0.15, 0.2) is 0 Å². The van der Waals surface area contributed by atoms with Crippen LogP contribution in [0.4, 0.5) is 10.5 Å². The zero-order valence-corrected chi connectivity index (χ0v) is 14.4. The van der Waals surface area contributed by atoms with Crippen molar-refractivity contribution in [2.24, 2.45) is 0 Å². The number of hydrogen-bond acceptors (Lipinski definition) is 4. The van der Waals surface area contributed by atoms with E-state index in [0.717, 1.165) is 50.6 Å². The minimum atomic E-state index is -0.0265. The zero-order valence-electron chi connectivity index (χ0n) is 14.4. The molecule has 2 saturated heterocycles.